The number of carbonyl (C=O) groups is 1. The van der Waals surface area contributed by atoms with E-state index in [1.165, 1.54) is 36.7 Å². The molecule has 1 amide bonds. The van der Waals surface area contributed by atoms with Gasteiger partial charge in [0.05, 0.1) is 19.1 Å². The Balaban J connectivity index is 1.55. The zero-order valence-corrected chi connectivity index (χ0v) is 17.1. The quantitative estimate of drug-likeness (QED) is 0.352. The van der Waals surface area contributed by atoms with Crippen LogP contribution in [0.4, 0.5) is 0 Å². The lowest BCUT2D eigenvalue weighted by atomic mass is 10.1. The second-order valence-corrected chi connectivity index (χ2v) is 7.19. The molecule has 29 heavy (non-hydrogen) atoms. The maximum atomic E-state index is 12.0. The van der Waals surface area contributed by atoms with Crippen molar-refractivity contribution in [1.29, 1.82) is 0 Å². The third kappa shape index (κ3) is 5.14. The number of benzene rings is 2. The van der Waals surface area contributed by atoms with Crippen LogP contribution in [0, 0.1) is 6.92 Å². The van der Waals surface area contributed by atoms with E-state index in [4.69, 9.17) is 4.74 Å². The highest BCUT2D eigenvalue weighted by Crippen LogP contribution is 2.25. The Morgan fingerprint density at radius 3 is 2.76 bits per heavy atom. The van der Waals surface area contributed by atoms with Gasteiger partial charge in [-0.15, -0.1) is 10.2 Å². The molecule has 0 fully saturated rings. The van der Waals surface area contributed by atoms with Gasteiger partial charge in [-0.05, 0) is 30.7 Å². The number of ether oxygens (including phenoxy) is 1. The van der Waals surface area contributed by atoms with Gasteiger partial charge in [0.15, 0.2) is 22.5 Å². The predicted octanol–water partition coefficient (Wildman–Crippen LogP) is 2.75. The maximum Gasteiger partial charge on any atom is 0.250 e. The molecule has 0 radical (unpaired) electrons. The summed E-state index contributed by atoms with van der Waals surface area (Å²) in [6, 6.07) is 12.8. The molecule has 150 valence electrons. The topological polar surface area (TPSA) is 102 Å². The molecule has 0 aliphatic heterocycles. The molecule has 9 heteroatoms. The average molecular weight is 411 g/mol. The first-order valence-electron chi connectivity index (χ1n) is 8.76. The lowest BCUT2D eigenvalue weighted by molar-refractivity contribution is -0.118. The minimum atomic E-state index is -0.267. The van der Waals surface area contributed by atoms with Crippen LogP contribution in [0.3, 0.4) is 0 Å². The molecule has 1 aromatic heterocycles. The molecule has 2 aromatic carbocycles. The first kappa shape index (κ1) is 20.4. The summed E-state index contributed by atoms with van der Waals surface area (Å²) in [5.74, 6) is 1.00. The number of hydrazone groups is 1. The highest BCUT2D eigenvalue weighted by Gasteiger charge is 2.12. The number of nitrogens with one attached hydrogen (secondary N) is 1. The zero-order chi connectivity index (χ0) is 20.8. The van der Waals surface area contributed by atoms with Crippen LogP contribution < -0.4 is 10.2 Å². The number of rotatable bonds is 7. The van der Waals surface area contributed by atoms with Crippen LogP contribution in [-0.2, 0) is 11.8 Å². The Morgan fingerprint density at radius 1 is 1.28 bits per heavy atom. The van der Waals surface area contributed by atoms with Gasteiger partial charge in [-0.1, -0.05) is 41.6 Å². The lowest BCUT2D eigenvalue weighted by Crippen LogP contribution is -2.19. The lowest BCUT2D eigenvalue weighted by Gasteiger charge is -2.04. The minimum absolute atomic E-state index is 0.0405. The van der Waals surface area contributed by atoms with Crippen LogP contribution in [0.2, 0.25) is 0 Å². The van der Waals surface area contributed by atoms with Crippen molar-refractivity contribution in [2.45, 2.75) is 12.1 Å². The Bertz CT molecular complexity index is 1030. The number of aryl methyl sites for hydroxylation is 1. The van der Waals surface area contributed by atoms with E-state index in [0.717, 1.165) is 11.4 Å². The Morgan fingerprint density at radius 2 is 2.03 bits per heavy atom. The number of methoxy groups -OCH3 is 1. The highest BCUT2D eigenvalue weighted by atomic mass is 32.2. The molecule has 0 atom stereocenters. The third-order valence-corrected chi connectivity index (χ3v) is 5.10. The number of thioether (sulfide) groups is 1. The van der Waals surface area contributed by atoms with E-state index in [0.29, 0.717) is 16.5 Å². The zero-order valence-electron chi connectivity index (χ0n) is 16.3. The summed E-state index contributed by atoms with van der Waals surface area (Å²) in [5.41, 5.74) is 5.29. The van der Waals surface area contributed by atoms with Crippen molar-refractivity contribution >= 4 is 23.9 Å². The van der Waals surface area contributed by atoms with Crippen LogP contribution in [0.25, 0.3) is 11.4 Å². The maximum absolute atomic E-state index is 12.0. The first-order valence-corrected chi connectivity index (χ1v) is 9.74. The van der Waals surface area contributed by atoms with E-state index >= 15 is 0 Å². The van der Waals surface area contributed by atoms with Crippen molar-refractivity contribution in [2.24, 2.45) is 12.1 Å². The van der Waals surface area contributed by atoms with E-state index in [2.05, 4.69) is 20.7 Å². The Kier molecular flexibility index (Phi) is 6.50. The second-order valence-electron chi connectivity index (χ2n) is 6.24. The number of phenols is 1. The Labute approximate surface area is 172 Å². The molecular weight excluding hydrogens is 390 g/mol. The van der Waals surface area contributed by atoms with Gasteiger partial charge in [0.25, 0.3) is 5.91 Å². The normalized spacial score (nSPS) is 11.0. The molecule has 8 nitrogen and oxygen atoms in total. The molecule has 0 unspecified atom stereocenters. The van der Waals surface area contributed by atoms with E-state index in [1.807, 2.05) is 42.8 Å². The van der Waals surface area contributed by atoms with Crippen molar-refractivity contribution in [2.75, 3.05) is 12.9 Å². The summed E-state index contributed by atoms with van der Waals surface area (Å²) < 4.78 is 6.89. The van der Waals surface area contributed by atoms with Gasteiger partial charge in [0.2, 0.25) is 0 Å². The van der Waals surface area contributed by atoms with Gasteiger partial charge >= 0.3 is 0 Å². The molecule has 1 heterocycles. The number of carbonyl (C=O) groups excluding carboxylic acids is 1. The number of nitrogens with zero attached hydrogens (tertiary/aromatic N) is 4. The van der Waals surface area contributed by atoms with Gasteiger partial charge in [-0.25, -0.2) is 5.43 Å². The molecule has 0 bridgehead atoms. The van der Waals surface area contributed by atoms with Crippen molar-refractivity contribution in [3.63, 3.8) is 0 Å². The van der Waals surface area contributed by atoms with Crippen molar-refractivity contribution < 1.29 is 14.6 Å². The van der Waals surface area contributed by atoms with Gasteiger partial charge in [-0.3, -0.25) is 4.79 Å². The fourth-order valence-electron chi connectivity index (χ4n) is 2.51. The SMILES string of the molecule is COc1cc(C=NNC(=O)CSc2nnc(-c3ccc(C)cc3)n2C)ccc1O. The van der Waals surface area contributed by atoms with Crippen LogP contribution in [0.1, 0.15) is 11.1 Å². The highest BCUT2D eigenvalue weighted by molar-refractivity contribution is 7.99. The van der Waals surface area contributed by atoms with Crippen LogP contribution >= 0.6 is 11.8 Å². The molecule has 0 aliphatic rings. The molecule has 0 aliphatic carbocycles. The molecule has 3 aromatic rings. The number of hydrogen-bond donors (Lipinski definition) is 2. The summed E-state index contributed by atoms with van der Waals surface area (Å²) in [4.78, 5) is 12.0. The van der Waals surface area contributed by atoms with Crippen LogP contribution in [0.5, 0.6) is 11.5 Å². The molecule has 0 saturated heterocycles. The summed E-state index contributed by atoms with van der Waals surface area (Å²) >= 11 is 1.28. The number of aromatic nitrogens is 3. The van der Waals surface area contributed by atoms with E-state index in [-0.39, 0.29) is 17.4 Å². The molecule has 0 spiro atoms. The average Bonchev–Trinajstić information content (AvgIpc) is 3.08. The minimum Gasteiger partial charge on any atom is -0.504 e. The van der Waals surface area contributed by atoms with Gasteiger partial charge < -0.3 is 14.4 Å². The summed E-state index contributed by atoms with van der Waals surface area (Å²) in [5, 5.41) is 22.5. The molecule has 3 rings (SSSR count). The Hall–Kier alpha value is -3.33. The van der Waals surface area contributed by atoms with Gasteiger partial charge in [0.1, 0.15) is 0 Å². The third-order valence-electron chi connectivity index (χ3n) is 4.08. The summed E-state index contributed by atoms with van der Waals surface area (Å²) in [7, 11) is 3.33. The van der Waals surface area contributed by atoms with Gasteiger partial charge in [-0.2, -0.15) is 5.10 Å². The summed E-state index contributed by atoms with van der Waals surface area (Å²) in [6.45, 7) is 2.03. The number of phenolic OH excluding ortho intramolecular Hbond substituents is 1. The standard InChI is InChI=1S/C20H21N5O3S/c1-13-4-7-15(8-5-13)19-23-24-20(25(19)2)29-12-18(27)22-21-11-14-6-9-16(26)17(10-14)28-3/h4-11,26H,12H2,1-3H3,(H,22,27). The largest absolute Gasteiger partial charge is 0.504 e. The number of amides is 1. The van der Waals surface area contributed by atoms with E-state index in [1.54, 1.807) is 12.1 Å². The number of hydrogen-bond acceptors (Lipinski definition) is 7. The fourth-order valence-corrected chi connectivity index (χ4v) is 3.21. The van der Waals surface area contributed by atoms with Crippen LogP contribution in [-0.4, -0.2) is 44.9 Å². The fraction of sp³-hybridized carbons (Fsp3) is 0.200. The van der Waals surface area contributed by atoms with Gasteiger partial charge in [0, 0.05) is 12.6 Å². The van der Waals surface area contributed by atoms with E-state index in [9.17, 15) is 9.90 Å². The number of aromatic hydroxyl groups is 1. The smallest absolute Gasteiger partial charge is 0.250 e. The molecule has 2 N–H and O–H groups in total. The molecule has 0 saturated carbocycles. The molecular formula is C20H21N5O3S. The van der Waals surface area contributed by atoms with Crippen molar-refractivity contribution in [1.82, 2.24) is 20.2 Å². The van der Waals surface area contributed by atoms with Crippen molar-refractivity contribution in [3.05, 3.63) is 53.6 Å². The van der Waals surface area contributed by atoms with E-state index < -0.39 is 0 Å². The monoisotopic (exact) mass is 411 g/mol. The van der Waals surface area contributed by atoms with Crippen molar-refractivity contribution in [3.8, 4) is 22.9 Å². The predicted molar refractivity (Wildman–Crippen MR) is 112 cm³/mol. The van der Waals surface area contributed by atoms with Crippen LogP contribution in [0.15, 0.2) is 52.7 Å². The second kappa shape index (κ2) is 9.24. The first-order chi connectivity index (χ1) is 14.0. The summed E-state index contributed by atoms with van der Waals surface area (Å²) in [6.07, 6.45) is 1.47.